The van der Waals surface area contributed by atoms with Crippen molar-refractivity contribution < 1.29 is 18.3 Å². The second-order valence-electron chi connectivity index (χ2n) is 5.20. The molecule has 0 spiro atoms. The normalized spacial score (nSPS) is 16.7. The van der Waals surface area contributed by atoms with Crippen molar-refractivity contribution in [2.75, 3.05) is 13.1 Å². The first kappa shape index (κ1) is 15.8. The molecule has 2 heterocycles. The monoisotopic (exact) mass is 330 g/mol. The summed E-state index contributed by atoms with van der Waals surface area (Å²) in [5.41, 5.74) is -0.530. The van der Waals surface area contributed by atoms with Gasteiger partial charge in [-0.25, -0.2) is 18.7 Å². The maximum absolute atomic E-state index is 13.7. The number of carbonyl (C=O) groups is 1. The summed E-state index contributed by atoms with van der Waals surface area (Å²) < 4.78 is 33.0. The SMILES string of the molecule is N#Cc1nccnc1OC1CCN(C(=O)c2c(F)cccc2F)C1. The Bertz CT molecular complexity index is 802. The summed E-state index contributed by atoms with van der Waals surface area (Å²) in [6.07, 6.45) is 2.80. The number of nitrogens with zero attached hydrogens (tertiary/aromatic N) is 4. The quantitative estimate of drug-likeness (QED) is 0.859. The molecular formula is C16H12F2N4O2. The summed E-state index contributed by atoms with van der Waals surface area (Å²) >= 11 is 0. The number of nitriles is 1. The highest BCUT2D eigenvalue weighted by molar-refractivity contribution is 5.95. The molecule has 1 aliphatic rings. The number of halogens is 2. The van der Waals surface area contributed by atoms with Crippen LogP contribution in [-0.2, 0) is 0 Å². The van der Waals surface area contributed by atoms with E-state index in [1.807, 2.05) is 6.07 Å². The van der Waals surface area contributed by atoms with E-state index in [4.69, 9.17) is 10.00 Å². The minimum atomic E-state index is -0.898. The molecule has 0 bridgehead atoms. The van der Waals surface area contributed by atoms with Gasteiger partial charge < -0.3 is 9.64 Å². The highest BCUT2D eigenvalue weighted by Gasteiger charge is 2.31. The molecule has 1 saturated heterocycles. The smallest absolute Gasteiger partial charge is 0.259 e. The van der Waals surface area contributed by atoms with E-state index in [-0.39, 0.29) is 18.1 Å². The van der Waals surface area contributed by atoms with E-state index < -0.39 is 29.2 Å². The van der Waals surface area contributed by atoms with Gasteiger partial charge in [-0.2, -0.15) is 5.26 Å². The third kappa shape index (κ3) is 3.01. The van der Waals surface area contributed by atoms with Gasteiger partial charge in [-0.1, -0.05) is 6.07 Å². The molecule has 1 fully saturated rings. The van der Waals surface area contributed by atoms with Crippen LogP contribution in [0.25, 0.3) is 0 Å². The van der Waals surface area contributed by atoms with Crippen LogP contribution >= 0.6 is 0 Å². The first-order chi connectivity index (χ1) is 11.6. The molecule has 1 unspecified atom stereocenters. The first-order valence-electron chi connectivity index (χ1n) is 7.21. The van der Waals surface area contributed by atoms with Crippen LogP contribution in [0.15, 0.2) is 30.6 Å². The Morgan fingerprint density at radius 2 is 2.00 bits per heavy atom. The fourth-order valence-electron chi connectivity index (χ4n) is 2.52. The average molecular weight is 330 g/mol. The standard InChI is InChI=1S/C16H12F2N4O2/c17-11-2-1-3-12(18)14(11)16(23)22-7-4-10(9-22)24-15-13(8-19)20-5-6-21-15/h1-3,5-6,10H,4,7,9H2. The van der Waals surface area contributed by atoms with Crippen molar-refractivity contribution in [2.45, 2.75) is 12.5 Å². The van der Waals surface area contributed by atoms with Crippen LogP contribution in [0.2, 0.25) is 0 Å². The lowest BCUT2D eigenvalue weighted by Crippen LogP contribution is -2.32. The predicted octanol–water partition coefficient (Wildman–Crippen LogP) is 1.92. The van der Waals surface area contributed by atoms with Gasteiger partial charge in [0, 0.05) is 25.4 Å². The van der Waals surface area contributed by atoms with Gasteiger partial charge in [0.1, 0.15) is 29.4 Å². The number of likely N-dealkylation sites (tertiary alicyclic amines) is 1. The second kappa shape index (κ2) is 6.58. The maximum Gasteiger partial charge on any atom is 0.259 e. The molecule has 1 aromatic heterocycles. The van der Waals surface area contributed by atoms with Gasteiger partial charge in [-0.05, 0) is 12.1 Å². The van der Waals surface area contributed by atoms with Crippen molar-refractivity contribution in [1.82, 2.24) is 14.9 Å². The Morgan fingerprint density at radius 1 is 1.29 bits per heavy atom. The summed E-state index contributed by atoms with van der Waals surface area (Å²) in [5, 5.41) is 8.96. The van der Waals surface area contributed by atoms with Gasteiger partial charge >= 0.3 is 0 Å². The molecule has 2 aromatic rings. The summed E-state index contributed by atoms with van der Waals surface area (Å²) in [6, 6.07) is 5.15. The van der Waals surface area contributed by atoms with E-state index in [0.29, 0.717) is 13.0 Å². The Kier molecular flexibility index (Phi) is 4.33. The Labute approximate surface area is 136 Å². The fraction of sp³-hybridized carbons (Fsp3) is 0.250. The number of hydrogen-bond acceptors (Lipinski definition) is 5. The fourth-order valence-corrected chi connectivity index (χ4v) is 2.52. The van der Waals surface area contributed by atoms with Crippen LogP contribution in [0.3, 0.4) is 0 Å². The van der Waals surface area contributed by atoms with Crippen LogP contribution in [0.4, 0.5) is 8.78 Å². The van der Waals surface area contributed by atoms with Crippen molar-refractivity contribution in [1.29, 1.82) is 5.26 Å². The molecule has 24 heavy (non-hydrogen) atoms. The van der Waals surface area contributed by atoms with Gasteiger partial charge in [-0.15, -0.1) is 0 Å². The Morgan fingerprint density at radius 3 is 2.71 bits per heavy atom. The maximum atomic E-state index is 13.7. The zero-order valence-electron chi connectivity index (χ0n) is 12.4. The molecule has 1 aliphatic heterocycles. The molecule has 1 atom stereocenters. The highest BCUT2D eigenvalue weighted by atomic mass is 19.1. The van der Waals surface area contributed by atoms with Crippen LogP contribution < -0.4 is 4.74 Å². The number of hydrogen-bond donors (Lipinski definition) is 0. The molecule has 8 heteroatoms. The average Bonchev–Trinajstić information content (AvgIpc) is 3.03. The number of amides is 1. The first-order valence-corrected chi connectivity index (χ1v) is 7.21. The Balaban J connectivity index is 1.72. The molecule has 0 N–H and O–H groups in total. The van der Waals surface area contributed by atoms with Crippen molar-refractivity contribution in [2.24, 2.45) is 0 Å². The third-order valence-corrected chi connectivity index (χ3v) is 3.66. The summed E-state index contributed by atoms with van der Waals surface area (Å²) in [4.78, 5) is 21.4. The van der Waals surface area contributed by atoms with Crippen molar-refractivity contribution in [3.05, 3.63) is 53.5 Å². The minimum Gasteiger partial charge on any atom is -0.470 e. The number of aromatic nitrogens is 2. The van der Waals surface area contributed by atoms with Gasteiger partial charge in [0.25, 0.3) is 11.8 Å². The Hall–Kier alpha value is -3.08. The molecule has 3 rings (SSSR count). The lowest BCUT2D eigenvalue weighted by molar-refractivity contribution is 0.0761. The topological polar surface area (TPSA) is 79.1 Å². The van der Waals surface area contributed by atoms with E-state index in [1.165, 1.54) is 23.4 Å². The largest absolute Gasteiger partial charge is 0.470 e. The van der Waals surface area contributed by atoms with Crippen LogP contribution in [0.5, 0.6) is 5.88 Å². The van der Waals surface area contributed by atoms with E-state index >= 15 is 0 Å². The lowest BCUT2D eigenvalue weighted by atomic mass is 10.1. The third-order valence-electron chi connectivity index (χ3n) is 3.66. The molecule has 6 nitrogen and oxygen atoms in total. The highest BCUT2D eigenvalue weighted by Crippen LogP contribution is 2.22. The summed E-state index contributed by atoms with van der Waals surface area (Å²) in [5.74, 6) is -2.44. The van der Waals surface area contributed by atoms with Crippen molar-refractivity contribution in [3.8, 4) is 11.9 Å². The zero-order chi connectivity index (χ0) is 17.1. The number of ether oxygens (including phenoxy) is 1. The van der Waals surface area contributed by atoms with E-state index in [1.54, 1.807) is 0 Å². The molecular weight excluding hydrogens is 318 g/mol. The minimum absolute atomic E-state index is 0.0439. The van der Waals surface area contributed by atoms with Crippen molar-refractivity contribution >= 4 is 5.91 Å². The number of benzene rings is 1. The van der Waals surface area contributed by atoms with Gasteiger partial charge in [-0.3, -0.25) is 4.79 Å². The van der Waals surface area contributed by atoms with E-state index in [2.05, 4.69) is 9.97 Å². The van der Waals surface area contributed by atoms with E-state index in [0.717, 1.165) is 12.1 Å². The molecule has 0 radical (unpaired) electrons. The van der Waals surface area contributed by atoms with E-state index in [9.17, 15) is 13.6 Å². The number of rotatable bonds is 3. The summed E-state index contributed by atoms with van der Waals surface area (Å²) in [6.45, 7) is 0.438. The predicted molar refractivity (Wildman–Crippen MR) is 78.0 cm³/mol. The molecule has 122 valence electrons. The zero-order valence-corrected chi connectivity index (χ0v) is 12.4. The summed E-state index contributed by atoms with van der Waals surface area (Å²) in [7, 11) is 0. The number of carbonyl (C=O) groups excluding carboxylic acids is 1. The molecule has 0 saturated carbocycles. The molecule has 0 aliphatic carbocycles. The van der Waals surface area contributed by atoms with Crippen LogP contribution in [0, 0.1) is 23.0 Å². The molecule has 1 amide bonds. The van der Waals surface area contributed by atoms with Crippen LogP contribution in [0.1, 0.15) is 22.5 Å². The lowest BCUT2D eigenvalue weighted by Gasteiger charge is -2.17. The second-order valence-corrected chi connectivity index (χ2v) is 5.20. The van der Waals surface area contributed by atoms with Gasteiger partial charge in [0.2, 0.25) is 5.69 Å². The molecule has 1 aromatic carbocycles. The van der Waals surface area contributed by atoms with Crippen LogP contribution in [-0.4, -0.2) is 40.0 Å². The van der Waals surface area contributed by atoms with Gasteiger partial charge in [0.15, 0.2) is 0 Å². The van der Waals surface area contributed by atoms with Gasteiger partial charge in [0.05, 0.1) is 6.54 Å². The van der Waals surface area contributed by atoms with Crippen molar-refractivity contribution in [3.63, 3.8) is 0 Å².